The lowest BCUT2D eigenvalue weighted by atomic mass is 9.82. The molecular formula is C11H24N2O2S. The average molecular weight is 248 g/mol. The Balaban J connectivity index is 2.30. The van der Waals surface area contributed by atoms with E-state index in [2.05, 4.69) is 5.43 Å². The van der Waals surface area contributed by atoms with E-state index in [1.165, 1.54) is 38.4 Å². The average Bonchev–Trinajstić information content (AvgIpc) is 2.24. The van der Waals surface area contributed by atoms with E-state index in [-0.39, 0.29) is 5.75 Å². The molecule has 0 aromatic rings. The maximum Gasteiger partial charge on any atom is 0.147 e. The Morgan fingerprint density at radius 3 is 2.44 bits per heavy atom. The molecule has 0 saturated heterocycles. The fourth-order valence-corrected chi connectivity index (χ4v) is 3.25. The molecule has 1 fully saturated rings. The first kappa shape index (κ1) is 13.9. The Morgan fingerprint density at radius 1 is 1.31 bits per heavy atom. The van der Waals surface area contributed by atoms with Gasteiger partial charge in [0.05, 0.1) is 0 Å². The molecule has 1 unspecified atom stereocenters. The van der Waals surface area contributed by atoms with Crippen molar-refractivity contribution in [1.82, 2.24) is 5.43 Å². The van der Waals surface area contributed by atoms with Crippen LogP contribution in [0.2, 0.25) is 0 Å². The van der Waals surface area contributed by atoms with Crippen molar-refractivity contribution < 1.29 is 8.42 Å². The lowest BCUT2D eigenvalue weighted by Crippen LogP contribution is -2.41. The van der Waals surface area contributed by atoms with E-state index in [0.29, 0.717) is 18.4 Å². The second-order valence-corrected chi connectivity index (χ2v) is 7.20. The quantitative estimate of drug-likeness (QED) is 0.548. The first-order valence-electron chi connectivity index (χ1n) is 6.17. The summed E-state index contributed by atoms with van der Waals surface area (Å²) < 4.78 is 22.1. The van der Waals surface area contributed by atoms with Crippen molar-refractivity contribution in [1.29, 1.82) is 0 Å². The molecule has 0 spiro atoms. The SMILES string of the molecule is CS(=O)(=O)CCCC(NN)C1CCCCC1. The highest BCUT2D eigenvalue weighted by molar-refractivity contribution is 7.90. The van der Waals surface area contributed by atoms with Crippen LogP contribution in [0.15, 0.2) is 0 Å². The molecule has 0 bridgehead atoms. The highest BCUT2D eigenvalue weighted by Gasteiger charge is 2.22. The van der Waals surface area contributed by atoms with Crippen molar-refractivity contribution in [3.05, 3.63) is 0 Å². The van der Waals surface area contributed by atoms with Gasteiger partial charge in [-0.2, -0.15) is 0 Å². The van der Waals surface area contributed by atoms with Crippen LogP contribution in [0.3, 0.4) is 0 Å². The van der Waals surface area contributed by atoms with Gasteiger partial charge in [0, 0.05) is 18.1 Å². The van der Waals surface area contributed by atoms with Crippen LogP contribution in [0.25, 0.3) is 0 Å². The first-order valence-corrected chi connectivity index (χ1v) is 8.23. The van der Waals surface area contributed by atoms with Gasteiger partial charge in [-0.1, -0.05) is 19.3 Å². The minimum absolute atomic E-state index is 0.276. The minimum Gasteiger partial charge on any atom is -0.271 e. The largest absolute Gasteiger partial charge is 0.271 e. The van der Waals surface area contributed by atoms with Gasteiger partial charge in [-0.25, -0.2) is 8.42 Å². The van der Waals surface area contributed by atoms with E-state index in [1.54, 1.807) is 0 Å². The summed E-state index contributed by atoms with van der Waals surface area (Å²) in [4.78, 5) is 0. The lowest BCUT2D eigenvalue weighted by molar-refractivity contribution is 0.258. The Kier molecular flexibility index (Phi) is 5.72. The van der Waals surface area contributed by atoms with Crippen molar-refractivity contribution in [2.45, 2.75) is 51.0 Å². The van der Waals surface area contributed by atoms with E-state index in [0.717, 1.165) is 6.42 Å². The van der Waals surface area contributed by atoms with Gasteiger partial charge in [0.2, 0.25) is 0 Å². The van der Waals surface area contributed by atoms with Gasteiger partial charge >= 0.3 is 0 Å². The van der Waals surface area contributed by atoms with Gasteiger partial charge in [-0.05, 0) is 31.6 Å². The third-order valence-corrected chi connectivity index (χ3v) is 4.49. The Hall–Kier alpha value is -0.130. The Labute approximate surface area is 98.9 Å². The third-order valence-electron chi connectivity index (χ3n) is 3.46. The summed E-state index contributed by atoms with van der Waals surface area (Å²) in [6, 6.07) is 0.294. The molecule has 1 atom stereocenters. The summed E-state index contributed by atoms with van der Waals surface area (Å²) in [6.07, 6.45) is 9.24. The number of rotatable bonds is 6. The fourth-order valence-electron chi connectivity index (χ4n) is 2.56. The van der Waals surface area contributed by atoms with E-state index >= 15 is 0 Å². The predicted molar refractivity (Wildman–Crippen MR) is 66.6 cm³/mol. The van der Waals surface area contributed by atoms with Crippen LogP contribution in [0.4, 0.5) is 0 Å². The van der Waals surface area contributed by atoms with Crippen LogP contribution in [-0.2, 0) is 9.84 Å². The normalized spacial score (nSPS) is 20.9. The maximum atomic E-state index is 11.0. The molecule has 1 saturated carbocycles. The summed E-state index contributed by atoms with van der Waals surface area (Å²) in [7, 11) is -2.83. The fraction of sp³-hybridized carbons (Fsp3) is 1.00. The molecule has 0 aliphatic heterocycles. The zero-order valence-corrected chi connectivity index (χ0v) is 10.9. The van der Waals surface area contributed by atoms with Crippen LogP contribution in [0, 0.1) is 5.92 Å². The molecule has 1 aliphatic carbocycles. The smallest absolute Gasteiger partial charge is 0.147 e. The van der Waals surface area contributed by atoms with Crippen molar-refractivity contribution in [2.75, 3.05) is 12.0 Å². The summed E-state index contributed by atoms with van der Waals surface area (Å²) in [6.45, 7) is 0. The highest BCUT2D eigenvalue weighted by atomic mass is 32.2. The zero-order chi connectivity index (χ0) is 12.0. The monoisotopic (exact) mass is 248 g/mol. The third kappa shape index (κ3) is 5.27. The first-order chi connectivity index (χ1) is 7.53. The highest BCUT2D eigenvalue weighted by Crippen LogP contribution is 2.27. The molecule has 0 radical (unpaired) electrons. The molecule has 0 aromatic heterocycles. The molecule has 1 aliphatic rings. The molecule has 0 aromatic carbocycles. The van der Waals surface area contributed by atoms with Crippen LogP contribution in [0.5, 0.6) is 0 Å². The van der Waals surface area contributed by atoms with Crippen molar-refractivity contribution in [2.24, 2.45) is 11.8 Å². The van der Waals surface area contributed by atoms with Crippen molar-refractivity contribution >= 4 is 9.84 Å². The number of hydrogen-bond donors (Lipinski definition) is 2. The number of hydrazine groups is 1. The number of nitrogens with one attached hydrogen (secondary N) is 1. The lowest BCUT2D eigenvalue weighted by Gasteiger charge is -2.29. The molecule has 0 amide bonds. The molecule has 16 heavy (non-hydrogen) atoms. The topological polar surface area (TPSA) is 72.2 Å². The van der Waals surface area contributed by atoms with Gasteiger partial charge in [-0.15, -0.1) is 0 Å². The van der Waals surface area contributed by atoms with Crippen LogP contribution < -0.4 is 11.3 Å². The number of hydrogen-bond acceptors (Lipinski definition) is 4. The standard InChI is InChI=1S/C11H24N2O2S/c1-16(14,15)9-5-8-11(13-12)10-6-3-2-4-7-10/h10-11,13H,2-9,12H2,1H3. The van der Waals surface area contributed by atoms with Crippen LogP contribution in [-0.4, -0.2) is 26.5 Å². The molecule has 5 heteroatoms. The van der Waals surface area contributed by atoms with Gasteiger partial charge in [0.15, 0.2) is 0 Å². The van der Waals surface area contributed by atoms with E-state index in [9.17, 15) is 8.42 Å². The number of sulfone groups is 1. The summed E-state index contributed by atoms with van der Waals surface area (Å²) in [5.41, 5.74) is 2.86. The predicted octanol–water partition coefficient (Wildman–Crippen LogP) is 1.22. The zero-order valence-electron chi connectivity index (χ0n) is 10.1. The van der Waals surface area contributed by atoms with Crippen molar-refractivity contribution in [3.8, 4) is 0 Å². The van der Waals surface area contributed by atoms with Crippen LogP contribution in [0.1, 0.15) is 44.9 Å². The molecule has 4 nitrogen and oxygen atoms in total. The number of nitrogens with two attached hydrogens (primary N) is 1. The van der Waals surface area contributed by atoms with Gasteiger partial charge in [-0.3, -0.25) is 11.3 Å². The molecule has 0 heterocycles. The second kappa shape index (κ2) is 6.57. The van der Waals surface area contributed by atoms with Crippen LogP contribution >= 0.6 is 0 Å². The Morgan fingerprint density at radius 2 is 1.94 bits per heavy atom. The molecule has 96 valence electrons. The van der Waals surface area contributed by atoms with Gasteiger partial charge < -0.3 is 0 Å². The second-order valence-electron chi connectivity index (χ2n) is 4.94. The van der Waals surface area contributed by atoms with Crippen molar-refractivity contribution in [3.63, 3.8) is 0 Å². The van der Waals surface area contributed by atoms with Gasteiger partial charge in [0.25, 0.3) is 0 Å². The van der Waals surface area contributed by atoms with E-state index in [4.69, 9.17) is 5.84 Å². The summed E-state index contributed by atoms with van der Waals surface area (Å²) in [5.74, 6) is 6.47. The summed E-state index contributed by atoms with van der Waals surface area (Å²) >= 11 is 0. The van der Waals surface area contributed by atoms with E-state index < -0.39 is 9.84 Å². The summed E-state index contributed by atoms with van der Waals surface area (Å²) in [5, 5.41) is 0. The Bertz CT molecular complexity index is 284. The molecular weight excluding hydrogens is 224 g/mol. The van der Waals surface area contributed by atoms with Gasteiger partial charge in [0.1, 0.15) is 9.84 Å². The molecule has 1 rings (SSSR count). The molecule has 3 N–H and O–H groups in total. The maximum absolute atomic E-state index is 11.0. The minimum atomic E-state index is -2.83. The van der Waals surface area contributed by atoms with E-state index in [1.807, 2.05) is 0 Å².